The van der Waals surface area contributed by atoms with Gasteiger partial charge in [0.05, 0.1) is 13.2 Å². The zero-order chi connectivity index (χ0) is 24.5. The Labute approximate surface area is 210 Å². The van der Waals surface area contributed by atoms with Gasteiger partial charge in [0.2, 0.25) is 5.91 Å². The second-order valence-electron chi connectivity index (χ2n) is 10.2. The molecular formula is C30H39N3O2. The van der Waals surface area contributed by atoms with Crippen LogP contribution in [0.4, 0.5) is 5.69 Å². The molecule has 1 amide bonds. The van der Waals surface area contributed by atoms with E-state index in [9.17, 15) is 4.79 Å². The van der Waals surface area contributed by atoms with Crippen molar-refractivity contribution in [3.05, 3.63) is 71.6 Å². The molecule has 0 spiro atoms. The number of amides is 1. The van der Waals surface area contributed by atoms with Gasteiger partial charge in [-0.2, -0.15) is 0 Å². The molecular weight excluding hydrogens is 434 g/mol. The van der Waals surface area contributed by atoms with Gasteiger partial charge in [-0.3, -0.25) is 4.79 Å². The molecule has 5 heteroatoms. The van der Waals surface area contributed by atoms with Crippen molar-refractivity contribution in [2.45, 2.75) is 57.3 Å². The fraction of sp³-hybridized carbons (Fsp3) is 0.533. The van der Waals surface area contributed by atoms with Crippen molar-refractivity contribution in [2.24, 2.45) is 11.8 Å². The zero-order valence-electron chi connectivity index (χ0n) is 21.0. The molecule has 0 aromatic heterocycles. The van der Waals surface area contributed by atoms with E-state index in [1.165, 1.54) is 44.1 Å². The Morgan fingerprint density at radius 1 is 1.03 bits per heavy atom. The van der Waals surface area contributed by atoms with E-state index in [4.69, 9.17) is 11.3 Å². The molecule has 1 heterocycles. The second-order valence-corrected chi connectivity index (χ2v) is 10.2. The standard InChI is InChI=1S/C30H39N3O2/c1-24(34)32-23-30(26-11-6-7-12-26,25-9-4-3-5-10-25)27-17-20-33(21-18-27)19-8-22-35-29-15-13-28(31-2)14-16-29/h3-5,9-10,13-16,26-27H,6-8,11-12,17-23H2,1H3,(H,32,34). The molecule has 0 radical (unpaired) electrons. The first-order chi connectivity index (χ1) is 17.1. The lowest BCUT2D eigenvalue weighted by molar-refractivity contribution is -0.119. The van der Waals surface area contributed by atoms with Crippen LogP contribution < -0.4 is 10.1 Å². The number of piperidine rings is 1. The van der Waals surface area contributed by atoms with Crippen LogP contribution in [0.2, 0.25) is 0 Å². The van der Waals surface area contributed by atoms with Gasteiger partial charge in [-0.05, 0) is 74.7 Å². The average molecular weight is 474 g/mol. The molecule has 1 aliphatic heterocycles. The van der Waals surface area contributed by atoms with E-state index in [1.807, 2.05) is 12.1 Å². The van der Waals surface area contributed by atoms with Crippen LogP contribution in [0.15, 0.2) is 54.6 Å². The van der Waals surface area contributed by atoms with Crippen LogP contribution in [0.5, 0.6) is 5.75 Å². The molecule has 1 saturated carbocycles. The lowest BCUT2D eigenvalue weighted by Gasteiger charge is -2.49. The van der Waals surface area contributed by atoms with E-state index in [-0.39, 0.29) is 11.3 Å². The fourth-order valence-electron chi connectivity index (χ4n) is 6.42. The number of hydrogen-bond donors (Lipinski definition) is 1. The highest BCUT2D eigenvalue weighted by Crippen LogP contribution is 2.50. The van der Waals surface area contributed by atoms with Gasteiger partial charge in [0.25, 0.3) is 0 Å². The first-order valence-electron chi connectivity index (χ1n) is 13.2. The lowest BCUT2D eigenvalue weighted by atomic mass is 9.59. The molecule has 35 heavy (non-hydrogen) atoms. The summed E-state index contributed by atoms with van der Waals surface area (Å²) in [7, 11) is 0. The molecule has 2 fully saturated rings. The third-order valence-corrected chi connectivity index (χ3v) is 8.19. The minimum absolute atomic E-state index is 0.0239. The normalized spacial score (nSPS) is 19.1. The molecule has 0 bridgehead atoms. The lowest BCUT2D eigenvalue weighted by Crippen LogP contribution is -2.53. The zero-order valence-corrected chi connectivity index (χ0v) is 21.0. The Hall–Kier alpha value is -2.84. The number of carbonyl (C=O) groups excluding carboxylic acids is 1. The maximum Gasteiger partial charge on any atom is 0.216 e. The number of nitrogens with zero attached hydrogens (tertiary/aromatic N) is 2. The molecule has 2 aromatic carbocycles. The van der Waals surface area contributed by atoms with Crippen LogP contribution in [-0.4, -0.2) is 43.6 Å². The van der Waals surface area contributed by atoms with Crippen LogP contribution in [-0.2, 0) is 10.2 Å². The Morgan fingerprint density at radius 2 is 1.69 bits per heavy atom. The summed E-state index contributed by atoms with van der Waals surface area (Å²) in [6, 6.07) is 18.4. The van der Waals surface area contributed by atoms with E-state index >= 15 is 0 Å². The third kappa shape index (κ3) is 6.24. The van der Waals surface area contributed by atoms with Crippen molar-refractivity contribution < 1.29 is 9.53 Å². The topological polar surface area (TPSA) is 45.9 Å². The van der Waals surface area contributed by atoms with Gasteiger partial charge >= 0.3 is 0 Å². The largest absolute Gasteiger partial charge is 0.494 e. The van der Waals surface area contributed by atoms with Crippen LogP contribution >= 0.6 is 0 Å². The summed E-state index contributed by atoms with van der Waals surface area (Å²) in [6.07, 6.45) is 8.48. The van der Waals surface area contributed by atoms with Crippen molar-refractivity contribution in [1.29, 1.82) is 0 Å². The summed E-state index contributed by atoms with van der Waals surface area (Å²) >= 11 is 0. The molecule has 1 N–H and O–H groups in total. The van der Waals surface area contributed by atoms with Crippen LogP contribution in [0.25, 0.3) is 4.85 Å². The summed E-state index contributed by atoms with van der Waals surface area (Å²) in [6.45, 7) is 13.4. The molecule has 4 rings (SSSR count). The maximum atomic E-state index is 12.0. The smallest absolute Gasteiger partial charge is 0.216 e. The summed E-state index contributed by atoms with van der Waals surface area (Å²) in [5, 5.41) is 3.25. The number of rotatable bonds is 10. The van der Waals surface area contributed by atoms with Crippen molar-refractivity contribution >= 4 is 11.6 Å². The highest BCUT2D eigenvalue weighted by atomic mass is 16.5. The van der Waals surface area contributed by atoms with Gasteiger partial charge in [0.1, 0.15) is 5.75 Å². The Morgan fingerprint density at radius 3 is 2.31 bits per heavy atom. The Balaban J connectivity index is 1.36. The first-order valence-corrected chi connectivity index (χ1v) is 13.2. The number of carbonyl (C=O) groups is 1. The number of nitrogens with one attached hydrogen (secondary N) is 1. The molecule has 186 valence electrons. The number of benzene rings is 2. The molecule has 5 nitrogen and oxygen atoms in total. The molecule has 1 aliphatic carbocycles. The minimum atomic E-state index is 0.0239. The van der Waals surface area contributed by atoms with Gasteiger partial charge in [-0.1, -0.05) is 55.3 Å². The highest BCUT2D eigenvalue weighted by Gasteiger charge is 2.48. The summed E-state index contributed by atoms with van der Waals surface area (Å²) in [5.41, 5.74) is 2.08. The molecule has 1 unspecified atom stereocenters. The van der Waals surface area contributed by atoms with Gasteiger partial charge in [-0.15, -0.1) is 0 Å². The van der Waals surface area contributed by atoms with Gasteiger partial charge in [-0.25, -0.2) is 4.85 Å². The average Bonchev–Trinajstić information content (AvgIpc) is 3.44. The number of hydrogen-bond acceptors (Lipinski definition) is 3. The van der Waals surface area contributed by atoms with E-state index in [2.05, 4.69) is 45.4 Å². The van der Waals surface area contributed by atoms with E-state index < -0.39 is 0 Å². The molecule has 1 atom stereocenters. The molecule has 2 aromatic rings. The summed E-state index contributed by atoms with van der Waals surface area (Å²) in [5.74, 6) is 2.12. The number of ether oxygens (including phenoxy) is 1. The van der Waals surface area contributed by atoms with Gasteiger partial charge < -0.3 is 15.0 Å². The van der Waals surface area contributed by atoms with E-state index in [0.29, 0.717) is 24.1 Å². The SMILES string of the molecule is [C-]#[N+]c1ccc(OCCCN2CCC(C(CNC(C)=O)(c3ccccc3)C3CCCC3)CC2)cc1. The van der Waals surface area contributed by atoms with E-state index in [0.717, 1.165) is 38.3 Å². The first kappa shape index (κ1) is 25.3. The Kier molecular flexibility index (Phi) is 8.82. The maximum absolute atomic E-state index is 12.0. The van der Waals surface area contributed by atoms with Crippen LogP contribution in [0, 0.1) is 18.4 Å². The van der Waals surface area contributed by atoms with Crippen molar-refractivity contribution in [2.75, 3.05) is 32.8 Å². The molecule has 1 saturated heterocycles. The summed E-state index contributed by atoms with van der Waals surface area (Å²) in [4.78, 5) is 18.0. The van der Waals surface area contributed by atoms with Crippen molar-refractivity contribution in [3.63, 3.8) is 0 Å². The Bertz CT molecular complexity index is 971. The number of likely N-dealkylation sites (tertiary alicyclic amines) is 1. The van der Waals surface area contributed by atoms with Gasteiger partial charge in [0, 0.05) is 25.4 Å². The molecule has 2 aliphatic rings. The summed E-state index contributed by atoms with van der Waals surface area (Å²) < 4.78 is 5.88. The van der Waals surface area contributed by atoms with Crippen molar-refractivity contribution in [1.82, 2.24) is 10.2 Å². The van der Waals surface area contributed by atoms with E-state index in [1.54, 1.807) is 19.1 Å². The van der Waals surface area contributed by atoms with Crippen LogP contribution in [0.1, 0.15) is 57.4 Å². The predicted molar refractivity (Wildman–Crippen MR) is 141 cm³/mol. The van der Waals surface area contributed by atoms with Crippen LogP contribution in [0.3, 0.4) is 0 Å². The quantitative estimate of drug-likeness (QED) is 0.341. The predicted octanol–water partition coefficient (Wildman–Crippen LogP) is 5.98. The van der Waals surface area contributed by atoms with Gasteiger partial charge in [0.15, 0.2) is 5.69 Å². The monoisotopic (exact) mass is 473 g/mol. The fourth-order valence-corrected chi connectivity index (χ4v) is 6.42. The highest BCUT2D eigenvalue weighted by molar-refractivity contribution is 5.73. The van der Waals surface area contributed by atoms with Crippen molar-refractivity contribution in [3.8, 4) is 5.75 Å². The second kappa shape index (κ2) is 12.2. The minimum Gasteiger partial charge on any atom is -0.494 e. The third-order valence-electron chi connectivity index (χ3n) is 8.19.